The molecule has 0 aliphatic heterocycles. The number of allylic oxidation sites excluding steroid dienone is 2. The van der Waals surface area contributed by atoms with Crippen LogP contribution in [-0.2, 0) is 4.79 Å². The Hall–Kier alpha value is -0.590. The fourth-order valence-electron chi connectivity index (χ4n) is 2.70. The van der Waals surface area contributed by atoms with E-state index in [1.807, 2.05) is 0 Å². The van der Waals surface area contributed by atoms with Crippen LogP contribution >= 0.6 is 0 Å². The van der Waals surface area contributed by atoms with E-state index in [1.165, 1.54) is 24.8 Å². The molecule has 2 atom stereocenters. The van der Waals surface area contributed by atoms with Gasteiger partial charge in [-0.2, -0.15) is 0 Å². The smallest absolute Gasteiger partial charge is 0.120 e. The van der Waals surface area contributed by atoms with Gasteiger partial charge in [-0.3, -0.25) is 0 Å². The highest BCUT2D eigenvalue weighted by molar-refractivity contribution is 5.50. The quantitative estimate of drug-likeness (QED) is 0.493. The van der Waals surface area contributed by atoms with Crippen LogP contribution in [0.4, 0.5) is 0 Å². The Bertz CT molecular complexity index is 227. The molecule has 0 saturated heterocycles. The first-order valence-corrected chi connectivity index (χ1v) is 6.26. The lowest BCUT2D eigenvalue weighted by Gasteiger charge is -2.28. The van der Waals surface area contributed by atoms with Crippen LogP contribution in [0.1, 0.15) is 52.9 Å². The third kappa shape index (κ3) is 4.19. The van der Waals surface area contributed by atoms with Gasteiger partial charge in [0.15, 0.2) is 0 Å². The molecule has 0 unspecified atom stereocenters. The molecule has 15 heavy (non-hydrogen) atoms. The molecule has 1 rings (SSSR count). The Balaban J connectivity index is 2.44. The summed E-state index contributed by atoms with van der Waals surface area (Å²) in [5.74, 6) is 2.38. The molecule has 0 aromatic heterocycles. The first-order chi connectivity index (χ1) is 7.13. The predicted octanol–water partition coefficient (Wildman–Crippen LogP) is 3.98. The van der Waals surface area contributed by atoms with E-state index in [4.69, 9.17) is 0 Å². The molecule has 1 heteroatoms. The molecular formula is C14H24O. The monoisotopic (exact) mass is 208 g/mol. The standard InChI is InChI=1S/C14H24O/c1-11(2)9-13-6-7-14(5-4-8-15)12(3)10-13/h7-8,11-13H,4-6,9-10H2,1-3H3/t12-,13-/m1/s1. The molecule has 1 aliphatic carbocycles. The molecule has 0 amide bonds. The van der Waals surface area contributed by atoms with Crippen molar-refractivity contribution < 1.29 is 4.79 Å². The summed E-state index contributed by atoms with van der Waals surface area (Å²) in [5.41, 5.74) is 1.52. The minimum absolute atomic E-state index is 0.697. The normalized spacial score (nSPS) is 26.5. The molecule has 0 heterocycles. The van der Waals surface area contributed by atoms with E-state index in [2.05, 4.69) is 26.8 Å². The van der Waals surface area contributed by atoms with Crippen molar-refractivity contribution in [1.82, 2.24) is 0 Å². The molecule has 1 aliphatic rings. The highest BCUT2D eigenvalue weighted by Crippen LogP contribution is 2.34. The average Bonchev–Trinajstić information content (AvgIpc) is 2.15. The summed E-state index contributed by atoms with van der Waals surface area (Å²) >= 11 is 0. The molecule has 0 saturated carbocycles. The van der Waals surface area contributed by atoms with Crippen molar-refractivity contribution in [3.63, 3.8) is 0 Å². The number of aldehydes is 1. The Morgan fingerprint density at radius 1 is 1.53 bits per heavy atom. The first-order valence-electron chi connectivity index (χ1n) is 6.26. The topological polar surface area (TPSA) is 17.1 Å². The Morgan fingerprint density at radius 3 is 2.80 bits per heavy atom. The lowest BCUT2D eigenvalue weighted by molar-refractivity contribution is -0.107. The van der Waals surface area contributed by atoms with Crippen molar-refractivity contribution in [2.45, 2.75) is 52.9 Å². The predicted molar refractivity (Wildman–Crippen MR) is 64.7 cm³/mol. The Morgan fingerprint density at radius 2 is 2.27 bits per heavy atom. The third-order valence-corrected chi connectivity index (χ3v) is 3.39. The summed E-state index contributed by atoms with van der Waals surface area (Å²) in [7, 11) is 0. The molecular weight excluding hydrogens is 184 g/mol. The van der Waals surface area contributed by atoms with Crippen molar-refractivity contribution in [2.75, 3.05) is 0 Å². The highest BCUT2D eigenvalue weighted by atomic mass is 16.1. The lowest BCUT2D eigenvalue weighted by atomic mass is 9.77. The SMILES string of the molecule is CC(C)C[C@H]1CC=C(CCC=O)[C@H](C)C1. The maximum Gasteiger partial charge on any atom is 0.120 e. The van der Waals surface area contributed by atoms with E-state index in [0.717, 1.165) is 24.5 Å². The summed E-state index contributed by atoms with van der Waals surface area (Å²) < 4.78 is 0. The number of hydrogen-bond donors (Lipinski definition) is 0. The zero-order valence-corrected chi connectivity index (χ0v) is 10.3. The summed E-state index contributed by atoms with van der Waals surface area (Å²) in [4.78, 5) is 10.3. The Labute approximate surface area is 93.9 Å². The zero-order valence-electron chi connectivity index (χ0n) is 10.3. The summed E-state index contributed by atoms with van der Waals surface area (Å²) in [5, 5.41) is 0. The van der Waals surface area contributed by atoms with Crippen LogP contribution in [0.3, 0.4) is 0 Å². The van der Waals surface area contributed by atoms with E-state index in [1.54, 1.807) is 0 Å². The molecule has 0 aromatic carbocycles. The maximum absolute atomic E-state index is 10.3. The van der Waals surface area contributed by atoms with Crippen LogP contribution < -0.4 is 0 Å². The van der Waals surface area contributed by atoms with Gasteiger partial charge in [0.25, 0.3) is 0 Å². The minimum Gasteiger partial charge on any atom is -0.303 e. The van der Waals surface area contributed by atoms with E-state index < -0.39 is 0 Å². The second-order valence-corrected chi connectivity index (χ2v) is 5.35. The second kappa shape index (κ2) is 6.09. The van der Waals surface area contributed by atoms with E-state index in [9.17, 15) is 4.79 Å². The number of rotatable bonds is 5. The van der Waals surface area contributed by atoms with Gasteiger partial charge in [-0.15, -0.1) is 0 Å². The molecule has 0 N–H and O–H groups in total. The lowest BCUT2D eigenvalue weighted by Crippen LogP contribution is -2.15. The van der Waals surface area contributed by atoms with Gasteiger partial charge >= 0.3 is 0 Å². The molecule has 0 radical (unpaired) electrons. The van der Waals surface area contributed by atoms with Crippen LogP contribution in [0, 0.1) is 17.8 Å². The van der Waals surface area contributed by atoms with Gasteiger partial charge in [0, 0.05) is 6.42 Å². The molecule has 86 valence electrons. The van der Waals surface area contributed by atoms with Gasteiger partial charge in [0.05, 0.1) is 0 Å². The molecule has 1 nitrogen and oxygen atoms in total. The number of carbonyl (C=O) groups is 1. The van der Waals surface area contributed by atoms with E-state index >= 15 is 0 Å². The van der Waals surface area contributed by atoms with Gasteiger partial charge in [-0.25, -0.2) is 0 Å². The summed E-state index contributed by atoms with van der Waals surface area (Å²) in [6.45, 7) is 6.91. The van der Waals surface area contributed by atoms with Crippen molar-refractivity contribution in [3.8, 4) is 0 Å². The molecule has 0 spiro atoms. The van der Waals surface area contributed by atoms with Gasteiger partial charge in [0.1, 0.15) is 6.29 Å². The summed E-state index contributed by atoms with van der Waals surface area (Å²) in [6.07, 6.45) is 9.02. The number of hydrogen-bond acceptors (Lipinski definition) is 1. The van der Waals surface area contributed by atoms with Crippen LogP contribution in [0.2, 0.25) is 0 Å². The molecule has 0 aromatic rings. The van der Waals surface area contributed by atoms with Crippen LogP contribution in [-0.4, -0.2) is 6.29 Å². The van der Waals surface area contributed by atoms with Gasteiger partial charge in [0.2, 0.25) is 0 Å². The van der Waals surface area contributed by atoms with Crippen LogP contribution in [0.15, 0.2) is 11.6 Å². The third-order valence-electron chi connectivity index (χ3n) is 3.39. The fourth-order valence-corrected chi connectivity index (χ4v) is 2.70. The van der Waals surface area contributed by atoms with Crippen LogP contribution in [0.5, 0.6) is 0 Å². The molecule has 0 fully saturated rings. The van der Waals surface area contributed by atoms with Gasteiger partial charge in [-0.05, 0) is 43.4 Å². The van der Waals surface area contributed by atoms with E-state index in [0.29, 0.717) is 12.3 Å². The van der Waals surface area contributed by atoms with Crippen molar-refractivity contribution in [2.24, 2.45) is 17.8 Å². The molecule has 0 bridgehead atoms. The maximum atomic E-state index is 10.3. The van der Waals surface area contributed by atoms with Crippen LogP contribution in [0.25, 0.3) is 0 Å². The van der Waals surface area contributed by atoms with Crippen molar-refractivity contribution >= 4 is 6.29 Å². The highest BCUT2D eigenvalue weighted by Gasteiger charge is 2.20. The minimum atomic E-state index is 0.697. The average molecular weight is 208 g/mol. The second-order valence-electron chi connectivity index (χ2n) is 5.35. The van der Waals surface area contributed by atoms with Crippen molar-refractivity contribution in [3.05, 3.63) is 11.6 Å². The fraction of sp³-hybridized carbons (Fsp3) is 0.786. The van der Waals surface area contributed by atoms with Crippen molar-refractivity contribution in [1.29, 1.82) is 0 Å². The Kier molecular flexibility index (Phi) is 5.07. The van der Waals surface area contributed by atoms with Gasteiger partial charge < -0.3 is 4.79 Å². The van der Waals surface area contributed by atoms with E-state index in [-0.39, 0.29) is 0 Å². The first kappa shape index (κ1) is 12.5. The zero-order chi connectivity index (χ0) is 11.3. The van der Waals surface area contributed by atoms with Gasteiger partial charge in [-0.1, -0.05) is 32.4 Å². The summed E-state index contributed by atoms with van der Waals surface area (Å²) in [6, 6.07) is 0. The largest absolute Gasteiger partial charge is 0.303 e. The number of carbonyl (C=O) groups excluding carboxylic acids is 1.